The largest absolute Gasteiger partial charge is 0.508 e. The van der Waals surface area contributed by atoms with E-state index in [1.165, 1.54) is 12.0 Å². The third-order valence-corrected chi connectivity index (χ3v) is 4.90. The molecule has 0 aliphatic carbocycles. The number of likely N-dealkylation sites (tertiary alicyclic amines) is 1. The number of hydrogen-bond acceptors (Lipinski definition) is 3. The van der Waals surface area contributed by atoms with E-state index in [-0.39, 0.29) is 12.1 Å². The minimum absolute atomic E-state index is 0.0309. The smallest absolute Gasteiger partial charge is 0.317 e. The van der Waals surface area contributed by atoms with Gasteiger partial charge in [0.05, 0.1) is 6.10 Å². The van der Waals surface area contributed by atoms with Crippen molar-refractivity contribution in [3.05, 3.63) is 29.8 Å². The van der Waals surface area contributed by atoms with Gasteiger partial charge in [0.25, 0.3) is 0 Å². The second-order valence-electron chi connectivity index (χ2n) is 6.53. The second-order valence-corrected chi connectivity index (χ2v) is 6.53. The molecule has 5 heteroatoms. The van der Waals surface area contributed by atoms with Crippen LogP contribution in [0.3, 0.4) is 0 Å². The van der Waals surface area contributed by atoms with Gasteiger partial charge in [0.1, 0.15) is 5.75 Å². The zero-order valence-electron chi connectivity index (χ0n) is 13.5. The van der Waals surface area contributed by atoms with Crippen molar-refractivity contribution in [1.82, 2.24) is 10.2 Å². The van der Waals surface area contributed by atoms with Gasteiger partial charge in [-0.25, -0.2) is 4.79 Å². The Hall–Kier alpha value is -1.75. The molecule has 2 heterocycles. The highest BCUT2D eigenvalue weighted by molar-refractivity contribution is 5.74. The Morgan fingerprint density at radius 3 is 2.57 bits per heavy atom. The van der Waals surface area contributed by atoms with E-state index >= 15 is 0 Å². The number of amides is 2. The van der Waals surface area contributed by atoms with Gasteiger partial charge >= 0.3 is 6.03 Å². The number of hydrogen-bond donors (Lipinski definition) is 2. The summed E-state index contributed by atoms with van der Waals surface area (Å²) in [6.45, 7) is 3.00. The average molecular weight is 318 g/mol. The van der Waals surface area contributed by atoms with Crippen molar-refractivity contribution in [3.8, 4) is 5.75 Å². The lowest BCUT2D eigenvalue weighted by molar-refractivity contribution is 0.0176. The van der Waals surface area contributed by atoms with Gasteiger partial charge in [0, 0.05) is 26.2 Å². The monoisotopic (exact) mass is 318 g/mol. The predicted molar refractivity (Wildman–Crippen MR) is 88.6 cm³/mol. The molecule has 23 heavy (non-hydrogen) atoms. The molecule has 5 nitrogen and oxygen atoms in total. The second kappa shape index (κ2) is 7.68. The fourth-order valence-corrected chi connectivity index (χ4v) is 3.44. The van der Waals surface area contributed by atoms with E-state index in [1.807, 2.05) is 17.0 Å². The molecule has 1 unspecified atom stereocenters. The van der Waals surface area contributed by atoms with Gasteiger partial charge in [-0.2, -0.15) is 0 Å². The Morgan fingerprint density at radius 2 is 1.91 bits per heavy atom. The zero-order valence-corrected chi connectivity index (χ0v) is 13.5. The number of benzene rings is 1. The first-order chi connectivity index (χ1) is 11.2. The summed E-state index contributed by atoms with van der Waals surface area (Å²) >= 11 is 0. The van der Waals surface area contributed by atoms with Crippen LogP contribution in [-0.2, 0) is 4.74 Å². The van der Waals surface area contributed by atoms with Crippen LogP contribution in [0, 0.1) is 0 Å². The number of phenolic OH excluding ortho intramolecular Hbond substituents is 1. The molecule has 1 aromatic rings. The number of urea groups is 1. The maximum Gasteiger partial charge on any atom is 0.317 e. The maximum atomic E-state index is 12.3. The highest BCUT2D eigenvalue weighted by Crippen LogP contribution is 2.29. The van der Waals surface area contributed by atoms with Crippen molar-refractivity contribution in [3.63, 3.8) is 0 Å². The molecule has 126 valence electrons. The van der Waals surface area contributed by atoms with Crippen LogP contribution in [0.4, 0.5) is 4.79 Å². The Kier molecular flexibility index (Phi) is 5.39. The summed E-state index contributed by atoms with van der Waals surface area (Å²) < 4.78 is 5.65. The van der Waals surface area contributed by atoms with Crippen LogP contribution < -0.4 is 5.32 Å². The number of carbonyl (C=O) groups excluding carboxylic acids is 1. The van der Waals surface area contributed by atoms with E-state index in [0.717, 1.165) is 45.4 Å². The van der Waals surface area contributed by atoms with Crippen LogP contribution in [0.15, 0.2) is 24.3 Å². The summed E-state index contributed by atoms with van der Waals surface area (Å²) in [7, 11) is 0. The Labute approximate surface area is 137 Å². The van der Waals surface area contributed by atoms with Gasteiger partial charge in [-0.05, 0) is 55.7 Å². The van der Waals surface area contributed by atoms with Crippen LogP contribution in [0.1, 0.15) is 43.6 Å². The van der Waals surface area contributed by atoms with Gasteiger partial charge in [-0.3, -0.25) is 0 Å². The number of piperidine rings is 1. The molecule has 2 saturated heterocycles. The summed E-state index contributed by atoms with van der Waals surface area (Å²) in [6, 6.07) is 7.46. The number of phenols is 1. The molecule has 0 saturated carbocycles. The minimum atomic E-state index is 0.0309. The molecular formula is C18H26N2O3. The summed E-state index contributed by atoms with van der Waals surface area (Å²) in [5.41, 5.74) is 1.25. The molecule has 2 fully saturated rings. The van der Waals surface area contributed by atoms with Crippen LogP contribution >= 0.6 is 0 Å². The minimum Gasteiger partial charge on any atom is -0.508 e. The van der Waals surface area contributed by atoms with Gasteiger partial charge < -0.3 is 20.1 Å². The first kappa shape index (κ1) is 16.1. The number of carbonyl (C=O) groups is 1. The third-order valence-electron chi connectivity index (χ3n) is 4.90. The Bertz CT molecular complexity index is 504. The topological polar surface area (TPSA) is 61.8 Å². The van der Waals surface area contributed by atoms with Crippen molar-refractivity contribution in [2.24, 2.45) is 0 Å². The van der Waals surface area contributed by atoms with Crippen molar-refractivity contribution >= 4 is 6.03 Å². The van der Waals surface area contributed by atoms with Crippen molar-refractivity contribution in [2.45, 2.75) is 44.1 Å². The standard InChI is InChI=1S/C18H26N2O3/c21-16-6-4-14(5-7-16)15-8-10-20(11-9-15)18(22)19-13-17-3-1-2-12-23-17/h4-7,15,17,21H,1-3,8-13H2,(H,19,22). The van der Waals surface area contributed by atoms with E-state index in [2.05, 4.69) is 5.32 Å². The molecule has 0 aromatic heterocycles. The van der Waals surface area contributed by atoms with E-state index in [0.29, 0.717) is 18.2 Å². The van der Waals surface area contributed by atoms with Crippen LogP contribution in [0.5, 0.6) is 5.75 Å². The van der Waals surface area contributed by atoms with Gasteiger partial charge in [0.15, 0.2) is 0 Å². The van der Waals surface area contributed by atoms with E-state index in [4.69, 9.17) is 4.74 Å². The van der Waals surface area contributed by atoms with E-state index in [9.17, 15) is 9.90 Å². The number of nitrogens with zero attached hydrogens (tertiary/aromatic N) is 1. The highest BCUT2D eigenvalue weighted by atomic mass is 16.5. The molecule has 0 bridgehead atoms. The van der Waals surface area contributed by atoms with Gasteiger partial charge in [0.2, 0.25) is 0 Å². The molecule has 1 atom stereocenters. The number of rotatable bonds is 3. The fraction of sp³-hybridized carbons (Fsp3) is 0.611. The zero-order chi connectivity index (χ0) is 16.1. The molecule has 3 rings (SSSR count). The van der Waals surface area contributed by atoms with Gasteiger partial charge in [-0.15, -0.1) is 0 Å². The molecule has 2 aliphatic rings. The van der Waals surface area contributed by atoms with Crippen LogP contribution in [0.2, 0.25) is 0 Å². The quantitative estimate of drug-likeness (QED) is 0.901. The van der Waals surface area contributed by atoms with Crippen molar-refractivity contribution < 1.29 is 14.6 Å². The molecular weight excluding hydrogens is 292 g/mol. The summed E-state index contributed by atoms with van der Waals surface area (Å²) in [5, 5.41) is 12.4. The Morgan fingerprint density at radius 1 is 1.17 bits per heavy atom. The molecule has 0 radical (unpaired) electrons. The van der Waals surface area contributed by atoms with Crippen molar-refractivity contribution in [1.29, 1.82) is 0 Å². The number of nitrogens with one attached hydrogen (secondary N) is 1. The highest BCUT2D eigenvalue weighted by Gasteiger charge is 2.24. The lowest BCUT2D eigenvalue weighted by Crippen LogP contribution is -2.46. The molecule has 1 aromatic carbocycles. The number of aromatic hydroxyl groups is 1. The van der Waals surface area contributed by atoms with Gasteiger partial charge in [-0.1, -0.05) is 12.1 Å². The summed E-state index contributed by atoms with van der Waals surface area (Å²) in [5.74, 6) is 0.775. The molecule has 2 aliphatic heterocycles. The van der Waals surface area contributed by atoms with E-state index in [1.54, 1.807) is 12.1 Å². The normalized spacial score (nSPS) is 22.8. The maximum absolute atomic E-state index is 12.3. The Balaban J connectivity index is 1.42. The lowest BCUT2D eigenvalue weighted by Gasteiger charge is -2.33. The average Bonchev–Trinajstić information content (AvgIpc) is 2.61. The predicted octanol–water partition coefficient (Wildman–Crippen LogP) is 2.85. The third kappa shape index (κ3) is 4.38. The first-order valence-corrected chi connectivity index (χ1v) is 8.65. The summed E-state index contributed by atoms with van der Waals surface area (Å²) in [4.78, 5) is 14.2. The molecule has 2 amide bonds. The molecule has 2 N–H and O–H groups in total. The first-order valence-electron chi connectivity index (χ1n) is 8.65. The van der Waals surface area contributed by atoms with Crippen LogP contribution in [0.25, 0.3) is 0 Å². The number of ether oxygens (including phenoxy) is 1. The van der Waals surface area contributed by atoms with Crippen LogP contribution in [-0.4, -0.2) is 48.4 Å². The fourth-order valence-electron chi connectivity index (χ4n) is 3.44. The molecule has 0 spiro atoms. The van der Waals surface area contributed by atoms with Crippen molar-refractivity contribution in [2.75, 3.05) is 26.2 Å². The SMILES string of the molecule is O=C(NCC1CCCCO1)N1CCC(c2ccc(O)cc2)CC1. The van der Waals surface area contributed by atoms with E-state index < -0.39 is 0 Å². The summed E-state index contributed by atoms with van der Waals surface area (Å²) in [6.07, 6.45) is 5.50. The lowest BCUT2D eigenvalue weighted by atomic mass is 9.89.